The van der Waals surface area contributed by atoms with Crippen LogP contribution in [-0.2, 0) is 24.4 Å². The zero-order valence-electron chi connectivity index (χ0n) is 17.6. The van der Waals surface area contributed by atoms with Crippen molar-refractivity contribution in [1.82, 2.24) is 9.47 Å². The molecule has 3 rings (SSSR count). The first-order valence-corrected chi connectivity index (χ1v) is 10.3. The minimum absolute atomic E-state index is 0.0659. The van der Waals surface area contributed by atoms with Crippen LogP contribution in [0.3, 0.4) is 0 Å². The number of amides is 1. The van der Waals surface area contributed by atoms with Crippen molar-refractivity contribution >= 4 is 23.5 Å². The predicted octanol–water partition coefficient (Wildman–Crippen LogP) is 3.35. The van der Waals surface area contributed by atoms with Gasteiger partial charge >= 0.3 is 12.1 Å². The highest BCUT2D eigenvalue weighted by Gasteiger charge is 2.44. The van der Waals surface area contributed by atoms with Crippen LogP contribution in [-0.4, -0.2) is 34.1 Å². The zero-order valence-corrected chi connectivity index (χ0v) is 18.4. The molecule has 2 N–H and O–H groups in total. The summed E-state index contributed by atoms with van der Waals surface area (Å²) in [5.74, 6) is -5.57. The maximum absolute atomic E-state index is 13.4. The van der Waals surface area contributed by atoms with E-state index in [-0.39, 0.29) is 42.5 Å². The number of pyridine rings is 1. The van der Waals surface area contributed by atoms with E-state index in [1.165, 1.54) is 21.6 Å². The molecule has 0 bridgehead atoms. The highest BCUT2D eigenvalue weighted by molar-refractivity contribution is 6.30. The number of carbonyl (C=O) groups excluding carboxylic acids is 2. The third-order valence-corrected chi connectivity index (χ3v) is 5.50. The third kappa shape index (κ3) is 4.74. The molecule has 1 aromatic heterocycles. The summed E-state index contributed by atoms with van der Waals surface area (Å²) in [6.07, 6.45) is -5.38. The number of benzene rings is 1. The van der Waals surface area contributed by atoms with E-state index in [1.54, 1.807) is 13.8 Å². The molecule has 12 heteroatoms. The van der Waals surface area contributed by atoms with E-state index in [9.17, 15) is 31.9 Å². The van der Waals surface area contributed by atoms with Crippen molar-refractivity contribution < 1.29 is 31.9 Å². The largest absolute Gasteiger partial charge is 0.491 e. The smallest absolute Gasteiger partial charge is 0.413 e. The maximum Gasteiger partial charge on any atom is 0.491 e. The van der Waals surface area contributed by atoms with Crippen molar-refractivity contribution in [2.45, 2.75) is 45.6 Å². The fraction of sp³-hybridized carbons (Fsp3) is 0.381. The number of carbonyl (C=O) groups is 2. The number of aromatic nitrogens is 1. The Morgan fingerprint density at radius 3 is 2.45 bits per heavy atom. The Morgan fingerprint density at radius 2 is 1.91 bits per heavy atom. The molecule has 0 fully saturated rings. The maximum atomic E-state index is 13.4. The Labute approximate surface area is 190 Å². The van der Waals surface area contributed by atoms with Gasteiger partial charge in [0.15, 0.2) is 5.69 Å². The molecular weight excluding hydrogens is 470 g/mol. The molecule has 0 atom stereocenters. The lowest BCUT2D eigenvalue weighted by atomic mass is 9.97. The van der Waals surface area contributed by atoms with Crippen molar-refractivity contribution in [3.05, 3.63) is 61.8 Å². The lowest BCUT2D eigenvalue weighted by Crippen LogP contribution is -2.44. The van der Waals surface area contributed by atoms with Gasteiger partial charge in [-0.2, -0.15) is 13.2 Å². The number of esters is 1. The van der Waals surface area contributed by atoms with Crippen molar-refractivity contribution in [2.75, 3.05) is 6.54 Å². The van der Waals surface area contributed by atoms with Crippen molar-refractivity contribution in [1.29, 1.82) is 0 Å². The Bertz CT molecular complexity index is 1180. The number of halogens is 5. The van der Waals surface area contributed by atoms with Gasteiger partial charge in [0.05, 0.1) is 5.02 Å². The van der Waals surface area contributed by atoms with Crippen LogP contribution in [0.15, 0.2) is 23.0 Å². The van der Waals surface area contributed by atoms with Crippen molar-refractivity contribution in [3.63, 3.8) is 0 Å². The van der Waals surface area contributed by atoms with Crippen molar-refractivity contribution in [3.8, 4) is 5.75 Å². The lowest BCUT2D eigenvalue weighted by Gasteiger charge is -2.33. The number of fused-ring (bicyclic) bond motifs is 1. The minimum Gasteiger partial charge on any atom is -0.413 e. The summed E-state index contributed by atoms with van der Waals surface area (Å²) < 4.78 is 57.9. The normalized spacial score (nSPS) is 14.0. The second-order valence-electron chi connectivity index (χ2n) is 7.74. The molecular formula is C21H20ClF4N3O4. The molecule has 0 aliphatic carbocycles. The highest BCUT2D eigenvalue weighted by Crippen LogP contribution is 2.30. The number of ether oxygens (including phenoxy) is 1. The van der Waals surface area contributed by atoms with E-state index in [1.807, 2.05) is 0 Å². The van der Waals surface area contributed by atoms with E-state index in [4.69, 9.17) is 17.3 Å². The second-order valence-corrected chi connectivity index (χ2v) is 8.15. The van der Waals surface area contributed by atoms with E-state index in [0.29, 0.717) is 5.56 Å². The molecule has 0 unspecified atom stereocenters. The molecule has 1 aromatic carbocycles. The van der Waals surface area contributed by atoms with Crippen LogP contribution in [0.1, 0.15) is 47.1 Å². The van der Waals surface area contributed by atoms with Gasteiger partial charge in [0.25, 0.3) is 5.91 Å². The third-order valence-electron chi connectivity index (χ3n) is 5.21. The van der Waals surface area contributed by atoms with Crippen molar-refractivity contribution in [2.24, 2.45) is 5.73 Å². The minimum atomic E-state index is -5.38. The van der Waals surface area contributed by atoms with Crippen LogP contribution in [0.4, 0.5) is 17.6 Å². The summed E-state index contributed by atoms with van der Waals surface area (Å²) in [6.45, 7) is 3.23. The number of rotatable bonds is 5. The number of alkyl halides is 3. The standard InChI is InChI=1S/C21H20ClF4N3O4/c1-10(2)15-14(8-27)29-6-5-28(9-11-3-4-13(23)12(22)7-11)19(31)16(29)18(17(15)30)33-20(32)21(24,25)26/h3-4,7,10H,5-6,8-9,27H2,1-2H3. The highest BCUT2D eigenvalue weighted by atomic mass is 35.5. The van der Waals surface area contributed by atoms with Gasteiger partial charge in [0.1, 0.15) is 5.82 Å². The SMILES string of the molecule is CC(C)c1c(CN)n2c(c(OC(=O)C(F)(F)F)c1=O)C(=O)N(Cc1ccc(F)c(Cl)c1)CC2. The van der Waals surface area contributed by atoms with Crippen LogP contribution in [0.5, 0.6) is 5.75 Å². The number of hydrogen-bond donors (Lipinski definition) is 1. The average molecular weight is 490 g/mol. The molecule has 178 valence electrons. The molecule has 33 heavy (non-hydrogen) atoms. The van der Waals surface area contributed by atoms with Gasteiger partial charge in [-0.1, -0.05) is 31.5 Å². The Morgan fingerprint density at radius 1 is 1.24 bits per heavy atom. The Kier molecular flexibility index (Phi) is 6.85. The number of hydrogen-bond acceptors (Lipinski definition) is 5. The van der Waals surface area contributed by atoms with Gasteiger partial charge in [-0.05, 0) is 23.6 Å². The van der Waals surface area contributed by atoms with E-state index < -0.39 is 46.7 Å². The van der Waals surface area contributed by atoms with Crippen LogP contribution >= 0.6 is 11.6 Å². The summed E-state index contributed by atoms with van der Waals surface area (Å²) >= 11 is 5.78. The van der Waals surface area contributed by atoms with Gasteiger partial charge in [-0.15, -0.1) is 0 Å². The van der Waals surface area contributed by atoms with Gasteiger partial charge in [-0.3, -0.25) is 9.59 Å². The predicted molar refractivity (Wildman–Crippen MR) is 111 cm³/mol. The van der Waals surface area contributed by atoms with Crippen LogP contribution in [0.25, 0.3) is 0 Å². The summed E-state index contributed by atoms with van der Waals surface area (Å²) in [7, 11) is 0. The molecule has 0 saturated carbocycles. The van der Waals surface area contributed by atoms with Gasteiger partial charge in [-0.25, -0.2) is 9.18 Å². The zero-order chi connectivity index (χ0) is 24.7. The summed E-state index contributed by atoms with van der Waals surface area (Å²) in [6, 6.07) is 3.82. The molecule has 0 radical (unpaired) electrons. The van der Waals surface area contributed by atoms with Gasteiger partial charge < -0.3 is 19.9 Å². The Hall–Kier alpha value is -2.92. The summed E-state index contributed by atoms with van der Waals surface area (Å²) in [5.41, 5.74) is 5.11. The molecule has 7 nitrogen and oxygen atoms in total. The number of nitrogens with two attached hydrogens (primary N) is 1. The fourth-order valence-electron chi connectivity index (χ4n) is 3.77. The first-order valence-electron chi connectivity index (χ1n) is 9.88. The Balaban J connectivity index is 2.15. The second kappa shape index (κ2) is 9.14. The number of nitrogens with zero attached hydrogens (tertiary/aromatic N) is 2. The summed E-state index contributed by atoms with van der Waals surface area (Å²) in [4.78, 5) is 39.1. The summed E-state index contributed by atoms with van der Waals surface area (Å²) in [5, 5.41) is -0.166. The van der Waals surface area contributed by atoms with Crippen LogP contribution in [0.2, 0.25) is 5.02 Å². The van der Waals surface area contributed by atoms with Crippen LogP contribution in [0, 0.1) is 5.82 Å². The van der Waals surface area contributed by atoms with E-state index in [2.05, 4.69) is 4.74 Å². The molecule has 0 saturated heterocycles. The molecule has 2 heterocycles. The van der Waals surface area contributed by atoms with E-state index >= 15 is 0 Å². The molecule has 0 spiro atoms. The first kappa shape index (κ1) is 24.7. The van der Waals surface area contributed by atoms with Crippen LogP contribution < -0.4 is 15.9 Å². The first-order chi connectivity index (χ1) is 15.4. The molecule has 2 aromatic rings. The molecule has 1 aliphatic heterocycles. The molecule has 1 amide bonds. The van der Waals surface area contributed by atoms with E-state index in [0.717, 1.165) is 6.07 Å². The lowest BCUT2D eigenvalue weighted by molar-refractivity contribution is -0.189. The van der Waals surface area contributed by atoms with Gasteiger partial charge in [0.2, 0.25) is 11.2 Å². The monoisotopic (exact) mass is 489 g/mol. The molecule has 1 aliphatic rings. The van der Waals surface area contributed by atoms with Gasteiger partial charge in [0, 0.05) is 37.4 Å². The fourth-order valence-corrected chi connectivity index (χ4v) is 3.97. The quantitative estimate of drug-likeness (QED) is 0.513. The average Bonchev–Trinajstić information content (AvgIpc) is 2.72. The topological polar surface area (TPSA) is 94.6 Å².